The Morgan fingerprint density at radius 1 is 1.04 bits per heavy atom. The summed E-state index contributed by atoms with van der Waals surface area (Å²) in [6, 6.07) is 15.7. The summed E-state index contributed by atoms with van der Waals surface area (Å²) < 4.78 is 5.39. The monoisotopic (exact) mass is 333 g/mol. The van der Waals surface area contributed by atoms with Crippen molar-refractivity contribution in [2.75, 3.05) is 26.3 Å². The van der Waals surface area contributed by atoms with Gasteiger partial charge in [0, 0.05) is 24.0 Å². The van der Waals surface area contributed by atoms with Crippen molar-refractivity contribution in [2.45, 2.75) is 6.92 Å². The van der Waals surface area contributed by atoms with Gasteiger partial charge in [-0.25, -0.2) is 0 Å². The average molecular weight is 333 g/mol. The molecule has 0 atom stereocenters. The number of benzene rings is 2. The van der Waals surface area contributed by atoms with Crippen molar-refractivity contribution in [1.29, 1.82) is 0 Å². The van der Waals surface area contributed by atoms with Gasteiger partial charge in [0.15, 0.2) is 0 Å². The van der Waals surface area contributed by atoms with E-state index in [1.807, 2.05) is 60.4 Å². The van der Waals surface area contributed by atoms with Crippen LogP contribution < -0.4 is 0 Å². The molecule has 3 aromatic rings. The minimum absolute atomic E-state index is 0.00680. The molecule has 2 heterocycles. The van der Waals surface area contributed by atoms with E-state index in [2.05, 4.69) is 10.2 Å². The molecule has 1 aliphatic rings. The SMILES string of the molecule is Cc1ccc2nnc(-c3ccccc3)c(C(=O)N3CCOCC3)c2c1. The Morgan fingerprint density at radius 2 is 1.80 bits per heavy atom. The van der Waals surface area contributed by atoms with Crippen LogP contribution in [0.5, 0.6) is 0 Å². The lowest BCUT2D eigenvalue weighted by molar-refractivity contribution is 0.0304. The van der Waals surface area contributed by atoms with Gasteiger partial charge >= 0.3 is 0 Å². The summed E-state index contributed by atoms with van der Waals surface area (Å²) in [6.07, 6.45) is 0. The third kappa shape index (κ3) is 2.98. The van der Waals surface area contributed by atoms with Gasteiger partial charge in [-0.15, -0.1) is 10.2 Å². The summed E-state index contributed by atoms with van der Waals surface area (Å²) in [7, 11) is 0. The van der Waals surface area contributed by atoms with Crippen LogP contribution in [0.15, 0.2) is 48.5 Å². The minimum atomic E-state index is -0.00680. The molecule has 5 nitrogen and oxygen atoms in total. The molecule has 5 heteroatoms. The number of aromatic nitrogens is 2. The summed E-state index contributed by atoms with van der Waals surface area (Å²) in [5, 5.41) is 9.59. The Bertz CT molecular complexity index is 919. The van der Waals surface area contributed by atoms with Crippen molar-refractivity contribution in [1.82, 2.24) is 15.1 Å². The first kappa shape index (κ1) is 15.7. The Hall–Kier alpha value is -2.79. The first-order chi connectivity index (χ1) is 12.2. The van der Waals surface area contributed by atoms with Crippen molar-refractivity contribution in [3.8, 4) is 11.3 Å². The van der Waals surface area contributed by atoms with Crippen LogP contribution in [0, 0.1) is 6.92 Å². The zero-order valence-electron chi connectivity index (χ0n) is 14.1. The first-order valence-corrected chi connectivity index (χ1v) is 8.43. The van der Waals surface area contributed by atoms with Crippen molar-refractivity contribution < 1.29 is 9.53 Å². The maximum absolute atomic E-state index is 13.3. The lowest BCUT2D eigenvalue weighted by Gasteiger charge is -2.27. The number of carbonyl (C=O) groups is 1. The molecule has 0 N–H and O–H groups in total. The predicted molar refractivity (Wildman–Crippen MR) is 96.4 cm³/mol. The van der Waals surface area contributed by atoms with Crippen molar-refractivity contribution in [3.05, 3.63) is 59.7 Å². The first-order valence-electron chi connectivity index (χ1n) is 8.43. The van der Waals surface area contributed by atoms with Gasteiger partial charge in [-0.1, -0.05) is 42.0 Å². The number of hydrogen-bond acceptors (Lipinski definition) is 4. The summed E-state index contributed by atoms with van der Waals surface area (Å²) in [5.41, 5.74) is 3.99. The van der Waals surface area contributed by atoms with Crippen LogP contribution in [-0.2, 0) is 4.74 Å². The largest absolute Gasteiger partial charge is 0.378 e. The maximum atomic E-state index is 13.3. The van der Waals surface area contributed by atoms with Crippen molar-refractivity contribution >= 4 is 16.8 Å². The Balaban J connectivity index is 1.94. The van der Waals surface area contributed by atoms with E-state index < -0.39 is 0 Å². The number of fused-ring (bicyclic) bond motifs is 1. The highest BCUT2D eigenvalue weighted by Crippen LogP contribution is 2.29. The molecular weight excluding hydrogens is 314 g/mol. The molecule has 0 radical (unpaired) electrons. The lowest BCUT2D eigenvalue weighted by Crippen LogP contribution is -2.41. The van der Waals surface area contributed by atoms with Crippen LogP contribution in [0.1, 0.15) is 15.9 Å². The molecule has 126 valence electrons. The molecule has 2 aromatic carbocycles. The van der Waals surface area contributed by atoms with Gasteiger partial charge < -0.3 is 9.64 Å². The summed E-state index contributed by atoms with van der Waals surface area (Å²) in [5.74, 6) is -0.00680. The average Bonchev–Trinajstić information content (AvgIpc) is 2.68. The molecule has 4 rings (SSSR count). The standard InChI is InChI=1S/C20H19N3O2/c1-14-7-8-17-16(13-14)18(20(24)23-9-11-25-12-10-23)19(22-21-17)15-5-3-2-4-6-15/h2-8,13H,9-12H2,1H3. The Morgan fingerprint density at radius 3 is 2.56 bits per heavy atom. The van der Waals surface area contributed by atoms with Crippen LogP contribution in [0.3, 0.4) is 0 Å². The Kier molecular flexibility index (Phi) is 4.15. The third-order valence-corrected chi connectivity index (χ3v) is 4.48. The van der Waals surface area contributed by atoms with E-state index in [1.165, 1.54) is 0 Å². The van der Waals surface area contributed by atoms with Crippen molar-refractivity contribution in [3.63, 3.8) is 0 Å². The van der Waals surface area contributed by atoms with E-state index in [0.29, 0.717) is 37.6 Å². The number of carbonyl (C=O) groups excluding carboxylic acids is 1. The highest BCUT2D eigenvalue weighted by atomic mass is 16.5. The van der Waals surface area contributed by atoms with E-state index >= 15 is 0 Å². The van der Waals surface area contributed by atoms with Crippen LogP contribution in [-0.4, -0.2) is 47.3 Å². The van der Waals surface area contributed by atoms with E-state index in [1.54, 1.807) is 0 Å². The van der Waals surface area contributed by atoms with Gasteiger partial charge in [0.25, 0.3) is 5.91 Å². The Labute approximate surface area is 146 Å². The number of hydrogen-bond donors (Lipinski definition) is 0. The fourth-order valence-corrected chi connectivity index (χ4v) is 3.16. The minimum Gasteiger partial charge on any atom is -0.378 e. The fourth-order valence-electron chi connectivity index (χ4n) is 3.16. The number of rotatable bonds is 2. The topological polar surface area (TPSA) is 55.3 Å². The molecular formula is C20H19N3O2. The molecule has 0 saturated carbocycles. The molecule has 25 heavy (non-hydrogen) atoms. The smallest absolute Gasteiger partial charge is 0.256 e. The van der Waals surface area contributed by atoms with E-state index in [9.17, 15) is 4.79 Å². The van der Waals surface area contributed by atoms with Gasteiger partial charge in [0.2, 0.25) is 0 Å². The second kappa shape index (κ2) is 6.61. The van der Waals surface area contributed by atoms with Crippen LogP contribution >= 0.6 is 0 Å². The quantitative estimate of drug-likeness (QED) is 0.723. The van der Waals surface area contributed by atoms with Crippen LogP contribution in [0.4, 0.5) is 0 Å². The molecule has 1 aromatic heterocycles. The van der Waals surface area contributed by atoms with Crippen LogP contribution in [0.2, 0.25) is 0 Å². The summed E-state index contributed by atoms with van der Waals surface area (Å²) in [4.78, 5) is 15.2. The highest BCUT2D eigenvalue weighted by Gasteiger charge is 2.25. The zero-order chi connectivity index (χ0) is 17.2. The molecule has 1 saturated heterocycles. The molecule has 0 bridgehead atoms. The lowest BCUT2D eigenvalue weighted by atomic mass is 9.99. The molecule has 1 amide bonds. The summed E-state index contributed by atoms with van der Waals surface area (Å²) >= 11 is 0. The molecule has 1 fully saturated rings. The van der Waals surface area contributed by atoms with Gasteiger partial charge in [-0.05, 0) is 19.1 Å². The van der Waals surface area contributed by atoms with Crippen LogP contribution in [0.25, 0.3) is 22.2 Å². The molecule has 0 aliphatic carbocycles. The number of amides is 1. The highest BCUT2D eigenvalue weighted by molar-refractivity contribution is 6.10. The second-order valence-electron chi connectivity index (χ2n) is 6.21. The molecule has 0 spiro atoms. The van der Waals surface area contributed by atoms with Gasteiger partial charge in [-0.2, -0.15) is 0 Å². The number of nitrogens with zero attached hydrogens (tertiary/aromatic N) is 3. The van der Waals surface area contributed by atoms with Gasteiger partial charge in [0.05, 0.1) is 24.3 Å². The van der Waals surface area contributed by atoms with E-state index in [-0.39, 0.29) is 5.91 Å². The normalized spacial score (nSPS) is 14.7. The third-order valence-electron chi connectivity index (χ3n) is 4.48. The fraction of sp³-hybridized carbons (Fsp3) is 0.250. The number of aryl methyl sites for hydroxylation is 1. The molecule has 0 unspecified atom stereocenters. The summed E-state index contributed by atoms with van der Waals surface area (Å²) in [6.45, 7) is 4.36. The van der Waals surface area contributed by atoms with Gasteiger partial charge in [-0.3, -0.25) is 4.79 Å². The maximum Gasteiger partial charge on any atom is 0.256 e. The number of ether oxygens (including phenoxy) is 1. The van der Waals surface area contributed by atoms with E-state index in [0.717, 1.165) is 22.0 Å². The number of morpholine rings is 1. The van der Waals surface area contributed by atoms with E-state index in [4.69, 9.17) is 4.74 Å². The molecule has 1 aliphatic heterocycles. The van der Waals surface area contributed by atoms with Gasteiger partial charge in [0.1, 0.15) is 5.69 Å². The zero-order valence-corrected chi connectivity index (χ0v) is 14.1. The predicted octanol–water partition coefficient (Wildman–Crippen LogP) is 3.08. The second-order valence-corrected chi connectivity index (χ2v) is 6.21. The van der Waals surface area contributed by atoms with Crippen molar-refractivity contribution in [2.24, 2.45) is 0 Å².